The second-order valence-electron chi connectivity index (χ2n) is 5.31. The van der Waals surface area contributed by atoms with E-state index in [1.54, 1.807) is 7.11 Å². The third-order valence-electron chi connectivity index (χ3n) is 3.91. The summed E-state index contributed by atoms with van der Waals surface area (Å²) in [6.45, 7) is 4.12. The lowest BCUT2D eigenvalue weighted by Gasteiger charge is -2.24. The maximum absolute atomic E-state index is 12.7. The molecule has 0 saturated carbocycles. The summed E-state index contributed by atoms with van der Waals surface area (Å²) in [5.41, 5.74) is 1.81. The summed E-state index contributed by atoms with van der Waals surface area (Å²) in [5.74, 6) is 0.0841. The first-order chi connectivity index (χ1) is 10.3. The summed E-state index contributed by atoms with van der Waals surface area (Å²) in [6.07, 6.45) is 0. The number of rotatable bonds is 6. The molecule has 0 bridgehead atoms. The van der Waals surface area contributed by atoms with Crippen molar-refractivity contribution in [2.24, 2.45) is 0 Å². The van der Waals surface area contributed by atoms with Gasteiger partial charge in [-0.15, -0.1) is 0 Å². The molecule has 4 nitrogen and oxygen atoms in total. The first kappa shape index (κ1) is 14.0. The lowest BCUT2D eigenvalue weighted by Crippen LogP contribution is -2.45. The number of anilines is 1. The average Bonchev–Trinajstić information content (AvgIpc) is 2.76. The summed E-state index contributed by atoms with van der Waals surface area (Å²) in [6, 6.07) is 12.1. The largest absolute Gasteiger partial charge is 0.383 e. The number of amides is 1. The Labute approximate surface area is 124 Å². The Morgan fingerprint density at radius 2 is 2.00 bits per heavy atom. The molecule has 0 aliphatic carbocycles. The highest BCUT2D eigenvalue weighted by atomic mass is 16.5. The van der Waals surface area contributed by atoms with E-state index in [-0.39, 0.29) is 11.9 Å². The lowest BCUT2D eigenvalue weighted by atomic mass is 10.1. The zero-order chi connectivity index (χ0) is 14.8. The van der Waals surface area contributed by atoms with Gasteiger partial charge in [-0.2, -0.15) is 0 Å². The molecule has 0 fully saturated rings. The summed E-state index contributed by atoms with van der Waals surface area (Å²) in [7, 11) is 1.69. The van der Waals surface area contributed by atoms with Gasteiger partial charge in [-0.1, -0.05) is 31.2 Å². The van der Waals surface area contributed by atoms with Crippen LogP contribution in [0.5, 0.6) is 0 Å². The molecule has 0 saturated heterocycles. The van der Waals surface area contributed by atoms with Crippen molar-refractivity contribution in [1.82, 2.24) is 5.32 Å². The molecule has 110 valence electrons. The van der Waals surface area contributed by atoms with Gasteiger partial charge in [0.05, 0.1) is 12.3 Å². The van der Waals surface area contributed by atoms with Gasteiger partial charge in [-0.25, -0.2) is 0 Å². The average molecular weight is 284 g/mol. The van der Waals surface area contributed by atoms with E-state index in [0.717, 1.165) is 28.6 Å². The molecular formula is C17H20N2O2. The van der Waals surface area contributed by atoms with Gasteiger partial charge in [0.15, 0.2) is 0 Å². The highest BCUT2D eigenvalue weighted by Crippen LogP contribution is 2.37. The SMILES string of the molecule is CCNC(COC)CN1C(=O)c2cccc3cccc1c23. The van der Waals surface area contributed by atoms with Crippen LogP contribution < -0.4 is 10.2 Å². The molecule has 1 atom stereocenters. The quantitative estimate of drug-likeness (QED) is 0.886. The highest BCUT2D eigenvalue weighted by molar-refractivity contribution is 6.25. The van der Waals surface area contributed by atoms with Crippen LogP contribution in [-0.4, -0.2) is 38.8 Å². The zero-order valence-electron chi connectivity index (χ0n) is 12.4. The topological polar surface area (TPSA) is 41.6 Å². The van der Waals surface area contributed by atoms with Crippen LogP contribution in [0.2, 0.25) is 0 Å². The number of likely N-dealkylation sites (N-methyl/N-ethyl adjacent to an activating group) is 1. The van der Waals surface area contributed by atoms with Crippen LogP contribution in [0.25, 0.3) is 10.8 Å². The van der Waals surface area contributed by atoms with Crippen molar-refractivity contribution in [3.63, 3.8) is 0 Å². The molecule has 1 aliphatic heterocycles. The van der Waals surface area contributed by atoms with E-state index >= 15 is 0 Å². The maximum atomic E-state index is 12.7. The molecule has 1 aliphatic rings. The number of nitrogens with one attached hydrogen (secondary N) is 1. The molecule has 2 aromatic rings. The van der Waals surface area contributed by atoms with Crippen LogP contribution in [0.1, 0.15) is 17.3 Å². The van der Waals surface area contributed by atoms with E-state index < -0.39 is 0 Å². The number of ether oxygens (including phenoxy) is 1. The van der Waals surface area contributed by atoms with E-state index in [4.69, 9.17) is 4.74 Å². The van der Waals surface area contributed by atoms with Crippen LogP contribution in [0, 0.1) is 0 Å². The van der Waals surface area contributed by atoms with Crippen molar-refractivity contribution >= 4 is 22.4 Å². The van der Waals surface area contributed by atoms with E-state index in [1.807, 2.05) is 29.2 Å². The van der Waals surface area contributed by atoms with Gasteiger partial charge in [-0.05, 0) is 24.1 Å². The summed E-state index contributed by atoms with van der Waals surface area (Å²) >= 11 is 0. The van der Waals surface area contributed by atoms with Gasteiger partial charge < -0.3 is 15.0 Å². The number of hydrogen-bond donors (Lipinski definition) is 1. The summed E-state index contributed by atoms with van der Waals surface area (Å²) in [4.78, 5) is 14.5. The van der Waals surface area contributed by atoms with Crippen molar-refractivity contribution in [2.75, 3.05) is 31.7 Å². The molecule has 21 heavy (non-hydrogen) atoms. The van der Waals surface area contributed by atoms with Crippen molar-refractivity contribution in [3.05, 3.63) is 42.0 Å². The second kappa shape index (κ2) is 5.84. The van der Waals surface area contributed by atoms with Gasteiger partial charge in [0.25, 0.3) is 5.91 Å². The van der Waals surface area contributed by atoms with E-state index in [0.29, 0.717) is 13.2 Å². The summed E-state index contributed by atoms with van der Waals surface area (Å²) < 4.78 is 5.25. The van der Waals surface area contributed by atoms with Gasteiger partial charge >= 0.3 is 0 Å². The van der Waals surface area contributed by atoms with Crippen LogP contribution in [0.4, 0.5) is 5.69 Å². The van der Waals surface area contributed by atoms with Crippen molar-refractivity contribution < 1.29 is 9.53 Å². The predicted molar refractivity (Wildman–Crippen MR) is 85.0 cm³/mol. The van der Waals surface area contributed by atoms with Crippen LogP contribution in [0.15, 0.2) is 36.4 Å². The fourth-order valence-electron chi connectivity index (χ4n) is 3.05. The fourth-order valence-corrected chi connectivity index (χ4v) is 3.05. The molecule has 2 aromatic carbocycles. The minimum absolute atomic E-state index is 0.0841. The Balaban J connectivity index is 1.95. The van der Waals surface area contributed by atoms with E-state index in [9.17, 15) is 4.79 Å². The number of carbonyl (C=O) groups is 1. The summed E-state index contributed by atoms with van der Waals surface area (Å²) in [5, 5.41) is 5.56. The van der Waals surface area contributed by atoms with Crippen LogP contribution >= 0.6 is 0 Å². The molecule has 0 aromatic heterocycles. The molecule has 1 heterocycles. The molecule has 0 radical (unpaired) electrons. The minimum Gasteiger partial charge on any atom is -0.383 e. The van der Waals surface area contributed by atoms with E-state index in [2.05, 4.69) is 24.4 Å². The van der Waals surface area contributed by atoms with Gasteiger partial charge in [-0.3, -0.25) is 4.79 Å². The standard InChI is InChI=1S/C17H20N2O2/c1-3-18-13(11-21-2)10-19-15-9-5-7-12-6-4-8-14(16(12)15)17(19)20/h4-9,13,18H,3,10-11H2,1-2H3. The molecule has 4 heteroatoms. The smallest absolute Gasteiger partial charge is 0.259 e. The molecule has 1 unspecified atom stereocenters. The van der Waals surface area contributed by atoms with Gasteiger partial charge in [0, 0.05) is 30.6 Å². The zero-order valence-corrected chi connectivity index (χ0v) is 12.4. The number of methoxy groups -OCH3 is 1. The third-order valence-corrected chi connectivity index (χ3v) is 3.91. The lowest BCUT2D eigenvalue weighted by molar-refractivity contribution is 0.0983. The Bertz CT molecular complexity index is 658. The molecule has 3 rings (SSSR count). The molecule has 1 amide bonds. The predicted octanol–water partition coefficient (Wildman–Crippen LogP) is 2.42. The highest BCUT2D eigenvalue weighted by Gasteiger charge is 2.30. The first-order valence-electron chi connectivity index (χ1n) is 7.32. The van der Waals surface area contributed by atoms with Crippen LogP contribution in [-0.2, 0) is 4.74 Å². The van der Waals surface area contributed by atoms with Gasteiger partial charge in [0.1, 0.15) is 0 Å². The monoisotopic (exact) mass is 284 g/mol. The Kier molecular flexibility index (Phi) is 3.90. The number of hydrogen-bond acceptors (Lipinski definition) is 3. The third kappa shape index (κ3) is 2.41. The Morgan fingerprint density at radius 3 is 2.71 bits per heavy atom. The Hall–Kier alpha value is -1.91. The molecule has 0 spiro atoms. The number of nitrogens with zero attached hydrogens (tertiary/aromatic N) is 1. The maximum Gasteiger partial charge on any atom is 0.259 e. The van der Waals surface area contributed by atoms with Crippen molar-refractivity contribution in [2.45, 2.75) is 13.0 Å². The second-order valence-corrected chi connectivity index (χ2v) is 5.31. The van der Waals surface area contributed by atoms with Gasteiger partial charge in [0.2, 0.25) is 0 Å². The number of carbonyl (C=O) groups excluding carboxylic acids is 1. The van der Waals surface area contributed by atoms with E-state index in [1.165, 1.54) is 0 Å². The van der Waals surface area contributed by atoms with Crippen molar-refractivity contribution in [3.8, 4) is 0 Å². The molecular weight excluding hydrogens is 264 g/mol. The fraction of sp³-hybridized carbons (Fsp3) is 0.353. The Morgan fingerprint density at radius 1 is 1.24 bits per heavy atom. The first-order valence-corrected chi connectivity index (χ1v) is 7.32. The molecule has 1 N–H and O–H groups in total. The van der Waals surface area contributed by atoms with Crippen molar-refractivity contribution in [1.29, 1.82) is 0 Å². The normalized spacial score (nSPS) is 15.0. The minimum atomic E-state index is 0.0841. The van der Waals surface area contributed by atoms with Crippen LogP contribution in [0.3, 0.4) is 0 Å². The number of benzene rings is 2.